The summed E-state index contributed by atoms with van der Waals surface area (Å²) in [4.78, 5) is 16.3. The van der Waals surface area contributed by atoms with Crippen molar-refractivity contribution in [1.29, 1.82) is 5.26 Å². The lowest BCUT2D eigenvalue weighted by Crippen LogP contribution is -2.23. The van der Waals surface area contributed by atoms with Crippen LogP contribution in [0.1, 0.15) is 21.5 Å². The zero-order valence-corrected chi connectivity index (χ0v) is 15.5. The van der Waals surface area contributed by atoms with Crippen molar-refractivity contribution < 1.29 is 13.2 Å². The monoisotopic (exact) mass is 392 g/mol. The van der Waals surface area contributed by atoms with Gasteiger partial charge >= 0.3 is 0 Å². The number of sulfonamides is 1. The van der Waals surface area contributed by atoms with Crippen LogP contribution in [0, 0.1) is 11.3 Å². The average molecular weight is 392 g/mol. The Morgan fingerprint density at radius 2 is 1.89 bits per heavy atom. The first kappa shape index (κ1) is 19.1. The highest BCUT2D eigenvalue weighted by atomic mass is 32.2. The number of nitrogens with zero attached hydrogens (tertiary/aromatic N) is 2. The number of pyridine rings is 1. The average Bonchev–Trinajstić information content (AvgIpc) is 2.72. The van der Waals surface area contributed by atoms with Gasteiger partial charge < -0.3 is 5.32 Å². The van der Waals surface area contributed by atoms with Crippen molar-refractivity contribution in [2.75, 3.05) is 4.72 Å². The van der Waals surface area contributed by atoms with Gasteiger partial charge in [-0.25, -0.2) is 8.42 Å². The lowest BCUT2D eigenvalue weighted by atomic mass is 10.2. The number of hydrogen-bond acceptors (Lipinski definition) is 5. The van der Waals surface area contributed by atoms with Gasteiger partial charge in [-0.2, -0.15) is 5.26 Å². The Kier molecular flexibility index (Phi) is 5.67. The predicted molar refractivity (Wildman–Crippen MR) is 104 cm³/mol. The lowest BCUT2D eigenvalue weighted by molar-refractivity contribution is 0.0950. The largest absolute Gasteiger partial charge is 0.348 e. The van der Waals surface area contributed by atoms with Gasteiger partial charge in [-0.15, -0.1) is 0 Å². The number of rotatable bonds is 6. The van der Waals surface area contributed by atoms with Crippen LogP contribution >= 0.6 is 0 Å². The van der Waals surface area contributed by atoms with Crippen LogP contribution in [0.15, 0.2) is 78.0 Å². The molecule has 3 rings (SSSR count). The van der Waals surface area contributed by atoms with Crippen LogP contribution in [-0.4, -0.2) is 19.3 Å². The van der Waals surface area contributed by atoms with Gasteiger partial charge in [-0.1, -0.05) is 18.2 Å². The highest BCUT2D eigenvalue weighted by Gasteiger charge is 2.17. The van der Waals surface area contributed by atoms with Gasteiger partial charge in [0.2, 0.25) is 0 Å². The Morgan fingerprint density at radius 1 is 1.07 bits per heavy atom. The molecule has 0 spiro atoms. The Morgan fingerprint density at radius 3 is 2.64 bits per heavy atom. The predicted octanol–water partition coefficient (Wildman–Crippen LogP) is 2.68. The summed E-state index contributed by atoms with van der Waals surface area (Å²) in [5.41, 5.74) is 1.66. The molecular weight excluding hydrogens is 376 g/mol. The summed E-state index contributed by atoms with van der Waals surface area (Å²) in [5.74, 6) is -0.396. The minimum absolute atomic E-state index is 0.0520. The highest BCUT2D eigenvalue weighted by Crippen LogP contribution is 2.18. The van der Waals surface area contributed by atoms with Crippen LogP contribution < -0.4 is 10.0 Å². The van der Waals surface area contributed by atoms with E-state index in [1.165, 1.54) is 30.3 Å². The molecule has 8 heteroatoms. The van der Waals surface area contributed by atoms with E-state index in [4.69, 9.17) is 5.26 Å². The van der Waals surface area contributed by atoms with Gasteiger partial charge in [0, 0.05) is 24.5 Å². The van der Waals surface area contributed by atoms with Crippen molar-refractivity contribution in [3.63, 3.8) is 0 Å². The molecule has 0 aliphatic heterocycles. The first-order valence-electron chi connectivity index (χ1n) is 8.28. The molecule has 3 aromatic rings. The minimum Gasteiger partial charge on any atom is -0.348 e. The van der Waals surface area contributed by atoms with Gasteiger partial charge in [0.25, 0.3) is 15.9 Å². The van der Waals surface area contributed by atoms with Gasteiger partial charge in [0.1, 0.15) is 0 Å². The van der Waals surface area contributed by atoms with Crippen molar-refractivity contribution in [2.45, 2.75) is 11.4 Å². The highest BCUT2D eigenvalue weighted by molar-refractivity contribution is 7.92. The van der Waals surface area contributed by atoms with E-state index in [0.717, 1.165) is 5.56 Å². The van der Waals surface area contributed by atoms with E-state index >= 15 is 0 Å². The third-order valence-corrected chi connectivity index (χ3v) is 5.21. The molecule has 1 heterocycles. The Bertz CT molecular complexity index is 1140. The van der Waals surface area contributed by atoms with Crippen molar-refractivity contribution >= 4 is 21.6 Å². The van der Waals surface area contributed by atoms with Crippen molar-refractivity contribution in [3.05, 3.63) is 89.7 Å². The second-order valence-corrected chi connectivity index (χ2v) is 7.55. The fourth-order valence-electron chi connectivity index (χ4n) is 2.46. The minimum atomic E-state index is -3.91. The molecule has 0 unspecified atom stereocenters. The first-order chi connectivity index (χ1) is 13.5. The second-order valence-electron chi connectivity index (χ2n) is 5.87. The Hall–Kier alpha value is -3.70. The summed E-state index contributed by atoms with van der Waals surface area (Å²) in [6, 6.07) is 17.4. The van der Waals surface area contributed by atoms with E-state index in [2.05, 4.69) is 15.0 Å². The zero-order chi connectivity index (χ0) is 20.0. The van der Waals surface area contributed by atoms with Crippen LogP contribution in [0.5, 0.6) is 0 Å². The normalized spacial score (nSPS) is 10.7. The van der Waals surface area contributed by atoms with E-state index in [0.29, 0.717) is 5.56 Å². The quantitative estimate of drug-likeness (QED) is 0.670. The van der Waals surface area contributed by atoms with E-state index in [1.807, 2.05) is 12.1 Å². The van der Waals surface area contributed by atoms with Gasteiger partial charge in [-0.05, 0) is 48.0 Å². The number of anilines is 1. The van der Waals surface area contributed by atoms with Crippen LogP contribution in [-0.2, 0) is 16.6 Å². The molecule has 0 fully saturated rings. The summed E-state index contributed by atoms with van der Waals surface area (Å²) >= 11 is 0. The van der Waals surface area contributed by atoms with Crippen LogP contribution in [0.4, 0.5) is 5.69 Å². The molecule has 140 valence electrons. The smallest absolute Gasteiger partial charge is 0.261 e. The van der Waals surface area contributed by atoms with Gasteiger partial charge in [0.15, 0.2) is 0 Å². The number of nitrogens with one attached hydrogen (secondary N) is 2. The maximum atomic E-state index is 12.6. The van der Waals surface area contributed by atoms with Gasteiger partial charge in [-0.3, -0.25) is 14.5 Å². The summed E-state index contributed by atoms with van der Waals surface area (Å²) in [7, 11) is -3.91. The topological polar surface area (TPSA) is 112 Å². The Labute approximate surface area is 162 Å². The number of nitriles is 1. The molecule has 0 aliphatic rings. The zero-order valence-electron chi connectivity index (χ0n) is 14.7. The van der Waals surface area contributed by atoms with Crippen LogP contribution in [0.25, 0.3) is 0 Å². The van der Waals surface area contributed by atoms with Crippen LogP contribution in [0.2, 0.25) is 0 Å². The fraction of sp³-hybridized carbons (Fsp3) is 0.0500. The standard InChI is InChI=1S/C20H16N4O3S/c21-12-15-4-1-7-18(10-15)24-28(26,27)19-8-2-6-17(11-19)20(25)23-14-16-5-3-9-22-13-16/h1-11,13,24H,14H2,(H,23,25). The molecular formula is C20H16N4O3S. The number of carbonyl (C=O) groups is 1. The molecule has 0 saturated heterocycles. The van der Waals surface area contributed by atoms with Crippen molar-refractivity contribution in [3.8, 4) is 6.07 Å². The Balaban J connectivity index is 1.75. The molecule has 0 saturated carbocycles. The second kappa shape index (κ2) is 8.33. The van der Waals surface area contributed by atoms with E-state index in [-0.39, 0.29) is 22.7 Å². The summed E-state index contributed by atoms with van der Waals surface area (Å²) in [5, 5.41) is 11.7. The molecule has 0 bridgehead atoms. The number of benzene rings is 2. The molecule has 0 radical (unpaired) electrons. The molecule has 1 aromatic heterocycles. The molecule has 0 atom stereocenters. The summed E-state index contributed by atoms with van der Waals surface area (Å²) in [6.07, 6.45) is 3.28. The van der Waals surface area contributed by atoms with Crippen molar-refractivity contribution in [2.24, 2.45) is 0 Å². The molecule has 2 N–H and O–H groups in total. The maximum absolute atomic E-state index is 12.6. The SMILES string of the molecule is N#Cc1cccc(NS(=O)(=O)c2cccc(C(=O)NCc3cccnc3)c2)c1. The molecule has 7 nitrogen and oxygen atoms in total. The maximum Gasteiger partial charge on any atom is 0.261 e. The number of aromatic nitrogens is 1. The third kappa shape index (κ3) is 4.72. The molecule has 0 aliphatic carbocycles. The molecule has 1 amide bonds. The molecule has 2 aromatic carbocycles. The number of carbonyl (C=O) groups excluding carboxylic acids is 1. The third-order valence-electron chi connectivity index (χ3n) is 3.83. The lowest BCUT2D eigenvalue weighted by Gasteiger charge is -2.10. The van der Waals surface area contributed by atoms with Gasteiger partial charge in [0.05, 0.1) is 22.2 Å². The number of amides is 1. The van der Waals surface area contributed by atoms with Crippen LogP contribution in [0.3, 0.4) is 0 Å². The molecule has 28 heavy (non-hydrogen) atoms. The summed E-state index contributed by atoms with van der Waals surface area (Å²) in [6.45, 7) is 0.281. The number of hydrogen-bond donors (Lipinski definition) is 2. The van der Waals surface area contributed by atoms with E-state index in [9.17, 15) is 13.2 Å². The first-order valence-corrected chi connectivity index (χ1v) is 9.76. The van der Waals surface area contributed by atoms with E-state index < -0.39 is 15.9 Å². The summed E-state index contributed by atoms with van der Waals surface area (Å²) < 4.78 is 27.7. The van der Waals surface area contributed by atoms with E-state index in [1.54, 1.807) is 36.7 Å². The van der Waals surface area contributed by atoms with Crippen molar-refractivity contribution in [1.82, 2.24) is 10.3 Å². The fourth-order valence-corrected chi connectivity index (χ4v) is 3.55.